The van der Waals surface area contributed by atoms with Crippen LogP contribution in [-0.2, 0) is 9.59 Å². The number of amides is 1. The van der Waals surface area contributed by atoms with Crippen LogP contribution in [0.25, 0.3) is 16.0 Å². The Morgan fingerprint density at radius 1 is 0.975 bits per heavy atom. The lowest BCUT2D eigenvalue weighted by Gasteiger charge is -2.24. The third kappa shape index (κ3) is 5.14. The number of nitrogens with zero attached hydrogens (tertiary/aromatic N) is 2. The number of halogens is 2. The summed E-state index contributed by atoms with van der Waals surface area (Å²) in [4.78, 5) is 32.6. The number of anilines is 1. The van der Waals surface area contributed by atoms with Crippen molar-refractivity contribution in [2.45, 2.75) is 32.7 Å². The van der Waals surface area contributed by atoms with Crippen molar-refractivity contribution >= 4 is 44.1 Å². The molecule has 1 atom stereocenters. The average molecular weight is 565 g/mol. The maximum absolute atomic E-state index is 13.9. The van der Waals surface area contributed by atoms with Crippen LogP contribution in [-0.4, -0.2) is 35.0 Å². The highest BCUT2D eigenvalue weighted by atomic mass is 32.1. The molecule has 1 aliphatic rings. The molecule has 40 heavy (non-hydrogen) atoms. The summed E-state index contributed by atoms with van der Waals surface area (Å²) in [6.07, 6.45) is 1.80. The van der Waals surface area contributed by atoms with E-state index in [9.17, 15) is 23.5 Å². The molecular weight excluding hydrogens is 538 g/mol. The molecule has 0 spiro atoms. The molecule has 0 radical (unpaired) electrons. The number of benzene rings is 3. The van der Waals surface area contributed by atoms with Crippen molar-refractivity contribution in [2.24, 2.45) is 0 Å². The van der Waals surface area contributed by atoms with Crippen LogP contribution in [0.15, 0.2) is 66.2 Å². The Bertz CT molecular complexity index is 1620. The summed E-state index contributed by atoms with van der Waals surface area (Å²) in [5, 5.41) is 11.4. The molecule has 206 valence electrons. The summed E-state index contributed by atoms with van der Waals surface area (Å²) in [5.41, 5.74) is 0.888. The van der Waals surface area contributed by atoms with E-state index in [1.54, 1.807) is 18.2 Å². The molecule has 1 saturated heterocycles. The van der Waals surface area contributed by atoms with E-state index < -0.39 is 35.1 Å². The Balaban J connectivity index is 1.69. The number of carbonyl (C=O) groups excluding carboxylic acids is 2. The number of ether oxygens (including phenoxy) is 2. The van der Waals surface area contributed by atoms with Gasteiger partial charge in [0, 0.05) is 5.56 Å². The molecule has 1 N–H and O–H groups in total. The Kier molecular flexibility index (Phi) is 7.79. The predicted octanol–water partition coefficient (Wildman–Crippen LogP) is 6.78. The Hall–Kier alpha value is -4.31. The van der Waals surface area contributed by atoms with E-state index in [-0.39, 0.29) is 16.3 Å². The Morgan fingerprint density at radius 2 is 1.73 bits per heavy atom. The van der Waals surface area contributed by atoms with Crippen molar-refractivity contribution in [2.75, 3.05) is 18.1 Å². The monoisotopic (exact) mass is 564 g/mol. The first-order valence-corrected chi connectivity index (χ1v) is 13.7. The molecule has 1 amide bonds. The lowest BCUT2D eigenvalue weighted by Crippen LogP contribution is -2.29. The zero-order chi connectivity index (χ0) is 28.4. The first kappa shape index (κ1) is 27.3. The highest BCUT2D eigenvalue weighted by Crippen LogP contribution is 2.46. The van der Waals surface area contributed by atoms with Crippen molar-refractivity contribution in [3.63, 3.8) is 0 Å². The number of aromatic nitrogens is 1. The zero-order valence-electron chi connectivity index (χ0n) is 21.8. The number of ketones is 1. The van der Waals surface area contributed by atoms with Gasteiger partial charge in [0.1, 0.15) is 17.4 Å². The number of fused-ring (bicyclic) bond motifs is 1. The topological polar surface area (TPSA) is 89.0 Å². The number of unbranched alkanes of at least 4 members (excludes halogenated alkanes) is 1. The number of rotatable bonds is 9. The van der Waals surface area contributed by atoms with Gasteiger partial charge in [0.2, 0.25) is 0 Å². The van der Waals surface area contributed by atoms with Crippen molar-refractivity contribution in [3.8, 4) is 11.5 Å². The molecular formula is C30H26F2N2O5S. The molecule has 10 heteroatoms. The molecule has 0 aliphatic carbocycles. The van der Waals surface area contributed by atoms with Gasteiger partial charge in [-0.2, -0.15) is 0 Å². The molecule has 4 aromatic rings. The summed E-state index contributed by atoms with van der Waals surface area (Å²) in [6.45, 7) is 4.70. The third-order valence-corrected chi connectivity index (χ3v) is 7.46. The second kappa shape index (κ2) is 11.4. The van der Waals surface area contributed by atoms with Gasteiger partial charge < -0.3 is 14.6 Å². The molecule has 5 rings (SSSR count). The third-order valence-electron chi connectivity index (χ3n) is 6.45. The molecule has 1 aliphatic heterocycles. The Morgan fingerprint density at radius 3 is 2.45 bits per heavy atom. The minimum Gasteiger partial charge on any atom is -0.507 e. The maximum atomic E-state index is 13.9. The minimum atomic E-state index is -1.10. The fourth-order valence-corrected chi connectivity index (χ4v) is 5.52. The number of aliphatic hydroxyl groups is 1. The summed E-state index contributed by atoms with van der Waals surface area (Å²) in [5.74, 6) is -2.36. The Labute approximate surface area is 233 Å². The van der Waals surface area contributed by atoms with Gasteiger partial charge in [-0.15, -0.1) is 0 Å². The molecule has 1 unspecified atom stereocenters. The normalized spacial score (nSPS) is 16.6. The van der Waals surface area contributed by atoms with E-state index in [2.05, 4.69) is 11.9 Å². The quantitative estimate of drug-likeness (QED) is 0.104. The number of Topliss-reactive ketones (excluding diaryl/α,β-unsaturated/α-hetero) is 1. The molecule has 1 aromatic heterocycles. The van der Waals surface area contributed by atoms with Crippen LogP contribution < -0.4 is 14.4 Å². The summed E-state index contributed by atoms with van der Waals surface area (Å²) in [6, 6.07) is 13.0. The summed E-state index contributed by atoms with van der Waals surface area (Å²) in [7, 11) is 0. The smallest absolute Gasteiger partial charge is 0.301 e. The highest BCUT2D eigenvalue weighted by Gasteiger charge is 2.48. The summed E-state index contributed by atoms with van der Waals surface area (Å²) < 4.78 is 39.7. The molecule has 2 heterocycles. The van der Waals surface area contributed by atoms with Crippen LogP contribution >= 0.6 is 11.3 Å². The van der Waals surface area contributed by atoms with E-state index in [1.807, 2.05) is 6.92 Å². The van der Waals surface area contributed by atoms with Gasteiger partial charge in [-0.3, -0.25) is 14.5 Å². The van der Waals surface area contributed by atoms with Crippen molar-refractivity contribution in [1.29, 1.82) is 0 Å². The highest BCUT2D eigenvalue weighted by molar-refractivity contribution is 7.22. The largest absolute Gasteiger partial charge is 0.507 e. The van der Waals surface area contributed by atoms with Crippen molar-refractivity contribution < 1.29 is 33.0 Å². The fourth-order valence-electron chi connectivity index (χ4n) is 4.51. The summed E-state index contributed by atoms with van der Waals surface area (Å²) >= 11 is 1.05. The molecule has 3 aromatic carbocycles. The minimum absolute atomic E-state index is 0.159. The number of aliphatic hydroxyl groups excluding tert-OH is 1. The second-order valence-corrected chi connectivity index (χ2v) is 10.1. The van der Waals surface area contributed by atoms with Gasteiger partial charge >= 0.3 is 5.91 Å². The second-order valence-electron chi connectivity index (χ2n) is 9.13. The van der Waals surface area contributed by atoms with Gasteiger partial charge in [-0.1, -0.05) is 30.7 Å². The van der Waals surface area contributed by atoms with Crippen molar-refractivity contribution in [1.82, 2.24) is 4.98 Å². The van der Waals surface area contributed by atoms with Crippen LogP contribution in [0, 0.1) is 11.6 Å². The predicted molar refractivity (Wildman–Crippen MR) is 149 cm³/mol. The van der Waals surface area contributed by atoms with Crippen LogP contribution in [0.5, 0.6) is 11.5 Å². The van der Waals surface area contributed by atoms with Crippen LogP contribution in [0.2, 0.25) is 0 Å². The van der Waals surface area contributed by atoms with Gasteiger partial charge in [0.05, 0.1) is 35.0 Å². The van der Waals surface area contributed by atoms with Gasteiger partial charge in [-0.25, -0.2) is 13.8 Å². The first-order chi connectivity index (χ1) is 19.3. The van der Waals surface area contributed by atoms with E-state index in [4.69, 9.17) is 9.47 Å². The maximum Gasteiger partial charge on any atom is 0.301 e. The van der Waals surface area contributed by atoms with Crippen LogP contribution in [0.4, 0.5) is 13.9 Å². The number of hydrogen-bond donors (Lipinski definition) is 1. The lowest BCUT2D eigenvalue weighted by atomic mass is 9.95. The van der Waals surface area contributed by atoms with Crippen LogP contribution in [0.3, 0.4) is 0 Å². The molecule has 1 fully saturated rings. The molecule has 0 bridgehead atoms. The zero-order valence-corrected chi connectivity index (χ0v) is 22.6. The number of hydrogen-bond acceptors (Lipinski definition) is 7. The number of thiazole rings is 1. The standard InChI is InChI=1S/C30H26F2N2O5S/c1-3-5-14-39-22-13-8-18(15-23(22)38-4-2)26-25(27(35)17-6-9-19(31)10-7-17)28(36)29(37)34(26)30-33-21-12-11-20(32)16-24(21)40-30/h6-13,15-16,26,35H,3-5,14H2,1-2H3/b27-25+. The fraction of sp³-hybridized carbons (Fsp3) is 0.233. The number of carbonyl (C=O) groups is 2. The van der Waals surface area contributed by atoms with E-state index >= 15 is 0 Å². The van der Waals surface area contributed by atoms with E-state index in [0.717, 1.165) is 36.3 Å². The van der Waals surface area contributed by atoms with Gasteiger partial charge in [0.25, 0.3) is 5.78 Å². The SMILES string of the molecule is CCCCOc1ccc(C2/C(=C(\O)c3ccc(F)cc3)C(=O)C(=O)N2c2nc3ccc(F)cc3s2)cc1OCC. The molecule has 0 saturated carbocycles. The van der Waals surface area contributed by atoms with Gasteiger partial charge in [0.15, 0.2) is 16.6 Å². The average Bonchev–Trinajstić information content (AvgIpc) is 3.47. The van der Waals surface area contributed by atoms with E-state index in [1.165, 1.54) is 35.2 Å². The van der Waals surface area contributed by atoms with Gasteiger partial charge in [-0.05, 0) is 73.5 Å². The van der Waals surface area contributed by atoms with Crippen LogP contribution in [0.1, 0.15) is 43.9 Å². The first-order valence-electron chi connectivity index (χ1n) is 12.8. The van der Waals surface area contributed by atoms with Crippen molar-refractivity contribution in [3.05, 3.63) is 89.0 Å². The van der Waals surface area contributed by atoms with E-state index in [0.29, 0.717) is 40.5 Å². The molecule has 7 nitrogen and oxygen atoms in total. The lowest BCUT2D eigenvalue weighted by molar-refractivity contribution is -0.132.